The lowest BCUT2D eigenvalue weighted by Gasteiger charge is -2.27. The van der Waals surface area contributed by atoms with Gasteiger partial charge in [0.2, 0.25) is 5.78 Å². The van der Waals surface area contributed by atoms with E-state index >= 15 is 0 Å². The Morgan fingerprint density at radius 2 is 1.94 bits per heavy atom. The van der Waals surface area contributed by atoms with Gasteiger partial charge in [-0.15, -0.1) is 0 Å². The number of amides is 1. The molecule has 0 aliphatic carbocycles. The van der Waals surface area contributed by atoms with Crippen molar-refractivity contribution in [3.8, 4) is 5.75 Å². The van der Waals surface area contributed by atoms with E-state index in [0.717, 1.165) is 10.0 Å². The first-order chi connectivity index (χ1) is 15.5. The number of likely N-dealkylation sites (tertiary alicyclic amines) is 1. The average molecular weight is 496 g/mol. The summed E-state index contributed by atoms with van der Waals surface area (Å²) in [5.74, 6) is -2.28. The topological polar surface area (TPSA) is 81.5 Å². The predicted octanol–water partition coefficient (Wildman–Crippen LogP) is 3.70. The number of hydrogen-bond acceptors (Lipinski definition) is 5. The quantitative estimate of drug-likeness (QED) is 0.270. The fourth-order valence-corrected chi connectivity index (χ4v) is 4.51. The number of aromatic nitrogens is 2. The Kier molecular flexibility index (Phi) is 6.50. The van der Waals surface area contributed by atoms with E-state index in [0.29, 0.717) is 30.8 Å². The molecule has 0 spiro atoms. The SMILES string of the molecule is COc1cccc(C(=O)C2C(=O)C(=O)N(CCCn3ccnc3)C2c2cccc(Br)c2)c1. The number of nitrogens with zero attached hydrogens (tertiary/aromatic N) is 3. The highest BCUT2D eigenvalue weighted by Gasteiger charge is 2.51. The van der Waals surface area contributed by atoms with Crippen molar-refractivity contribution in [2.45, 2.75) is 19.0 Å². The van der Waals surface area contributed by atoms with Gasteiger partial charge in [0, 0.05) is 35.5 Å². The van der Waals surface area contributed by atoms with E-state index in [2.05, 4.69) is 20.9 Å². The number of Topliss-reactive ketones (excluding diaryl/α,β-unsaturated/α-hetero) is 2. The van der Waals surface area contributed by atoms with Crippen LogP contribution in [0.25, 0.3) is 0 Å². The lowest BCUT2D eigenvalue weighted by Crippen LogP contribution is -2.32. The molecule has 2 unspecified atom stereocenters. The summed E-state index contributed by atoms with van der Waals surface area (Å²) < 4.78 is 7.95. The average Bonchev–Trinajstić information content (AvgIpc) is 3.41. The van der Waals surface area contributed by atoms with Crippen molar-refractivity contribution in [1.82, 2.24) is 14.5 Å². The number of imidazole rings is 1. The van der Waals surface area contributed by atoms with Crippen LogP contribution in [0.15, 0.2) is 71.7 Å². The number of benzene rings is 2. The molecule has 7 nitrogen and oxygen atoms in total. The van der Waals surface area contributed by atoms with E-state index in [4.69, 9.17) is 4.74 Å². The zero-order chi connectivity index (χ0) is 22.7. The van der Waals surface area contributed by atoms with Gasteiger partial charge in [-0.05, 0) is 36.2 Å². The number of rotatable bonds is 8. The van der Waals surface area contributed by atoms with E-state index in [1.54, 1.807) is 36.8 Å². The number of aryl methyl sites for hydroxylation is 1. The fourth-order valence-electron chi connectivity index (χ4n) is 4.09. The highest BCUT2D eigenvalue weighted by atomic mass is 79.9. The number of hydrogen-bond donors (Lipinski definition) is 0. The van der Waals surface area contributed by atoms with Crippen molar-refractivity contribution in [3.05, 3.63) is 82.9 Å². The van der Waals surface area contributed by atoms with Gasteiger partial charge in [-0.1, -0.05) is 40.2 Å². The van der Waals surface area contributed by atoms with Crippen molar-refractivity contribution in [3.63, 3.8) is 0 Å². The van der Waals surface area contributed by atoms with Gasteiger partial charge in [0.15, 0.2) is 5.78 Å². The number of carbonyl (C=O) groups is 3. The summed E-state index contributed by atoms with van der Waals surface area (Å²) in [6.07, 6.45) is 5.87. The van der Waals surface area contributed by atoms with Gasteiger partial charge in [0.05, 0.1) is 19.5 Å². The minimum atomic E-state index is -1.11. The summed E-state index contributed by atoms with van der Waals surface area (Å²) in [6.45, 7) is 0.999. The second-order valence-electron chi connectivity index (χ2n) is 7.59. The van der Waals surface area contributed by atoms with Crippen LogP contribution < -0.4 is 4.74 Å². The number of ether oxygens (including phenoxy) is 1. The molecule has 4 rings (SSSR count). The monoisotopic (exact) mass is 495 g/mol. The van der Waals surface area contributed by atoms with E-state index in [1.165, 1.54) is 12.0 Å². The number of halogens is 1. The maximum absolute atomic E-state index is 13.5. The molecule has 1 aliphatic heterocycles. The van der Waals surface area contributed by atoms with Crippen molar-refractivity contribution in [2.24, 2.45) is 5.92 Å². The summed E-state index contributed by atoms with van der Waals surface area (Å²) in [5.41, 5.74) is 1.08. The van der Waals surface area contributed by atoms with Crippen LogP contribution in [-0.4, -0.2) is 45.6 Å². The Balaban J connectivity index is 1.67. The molecule has 1 aromatic heterocycles. The van der Waals surface area contributed by atoms with Gasteiger partial charge in [-0.2, -0.15) is 0 Å². The first-order valence-corrected chi connectivity index (χ1v) is 11.0. The van der Waals surface area contributed by atoms with Crippen molar-refractivity contribution >= 4 is 33.4 Å². The molecule has 1 fully saturated rings. The third-order valence-corrected chi connectivity index (χ3v) is 6.10. The summed E-state index contributed by atoms with van der Waals surface area (Å²) in [6, 6.07) is 13.4. The highest BCUT2D eigenvalue weighted by molar-refractivity contribution is 9.10. The molecular weight excluding hydrogens is 474 g/mol. The minimum Gasteiger partial charge on any atom is -0.497 e. The van der Waals surface area contributed by atoms with Crippen LogP contribution in [0.4, 0.5) is 0 Å². The van der Waals surface area contributed by atoms with Gasteiger partial charge in [0.1, 0.15) is 11.7 Å². The Labute approximate surface area is 194 Å². The Morgan fingerprint density at radius 3 is 2.66 bits per heavy atom. The molecule has 8 heteroatoms. The third-order valence-electron chi connectivity index (χ3n) is 5.61. The van der Waals surface area contributed by atoms with Gasteiger partial charge in [-0.25, -0.2) is 4.98 Å². The Hall–Kier alpha value is -3.26. The van der Waals surface area contributed by atoms with Crippen molar-refractivity contribution in [1.29, 1.82) is 0 Å². The zero-order valence-electron chi connectivity index (χ0n) is 17.5. The number of methoxy groups -OCH3 is 1. The van der Waals surface area contributed by atoms with Crippen LogP contribution in [0.1, 0.15) is 28.4 Å². The van der Waals surface area contributed by atoms with Crippen LogP contribution in [0.2, 0.25) is 0 Å². The smallest absolute Gasteiger partial charge is 0.291 e. The summed E-state index contributed by atoms with van der Waals surface area (Å²) in [7, 11) is 1.51. The second-order valence-corrected chi connectivity index (χ2v) is 8.51. The van der Waals surface area contributed by atoms with Gasteiger partial charge in [0.25, 0.3) is 5.91 Å². The molecule has 2 atom stereocenters. The molecule has 0 radical (unpaired) electrons. The van der Waals surface area contributed by atoms with Crippen LogP contribution >= 0.6 is 15.9 Å². The molecular formula is C24H22BrN3O4. The molecule has 2 heterocycles. The normalized spacial score (nSPS) is 18.2. The van der Waals surface area contributed by atoms with Crippen LogP contribution in [0, 0.1) is 5.92 Å². The summed E-state index contributed by atoms with van der Waals surface area (Å²) in [4.78, 5) is 45.1. The molecule has 0 N–H and O–H groups in total. The van der Waals surface area contributed by atoms with E-state index in [9.17, 15) is 14.4 Å². The molecule has 3 aromatic rings. The Bertz CT molecular complexity index is 1150. The molecule has 0 saturated carbocycles. The highest BCUT2D eigenvalue weighted by Crippen LogP contribution is 2.39. The summed E-state index contributed by atoms with van der Waals surface area (Å²) >= 11 is 3.46. The molecule has 1 saturated heterocycles. The standard InChI is InChI=1S/C24H22BrN3O4/c1-32-19-8-3-6-17(14-19)22(29)20-21(16-5-2-7-18(25)13-16)28(24(31)23(20)30)11-4-10-27-12-9-26-15-27/h2-3,5-9,12-15,20-21H,4,10-11H2,1H3. The van der Waals surface area contributed by atoms with Crippen LogP contribution in [-0.2, 0) is 16.1 Å². The van der Waals surface area contributed by atoms with E-state index in [1.807, 2.05) is 35.0 Å². The van der Waals surface area contributed by atoms with Gasteiger partial charge >= 0.3 is 0 Å². The molecule has 1 aliphatic rings. The van der Waals surface area contributed by atoms with Gasteiger partial charge < -0.3 is 14.2 Å². The summed E-state index contributed by atoms with van der Waals surface area (Å²) in [5, 5.41) is 0. The van der Waals surface area contributed by atoms with Crippen molar-refractivity contribution < 1.29 is 19.1 Å². The lowest BCUT2D eigenvalue weighted by atomic mass is 9.86. The lowest BCUT2D eigenvalue weighted by molar-refractivity contribution is -0.140. The van der Waals surface area contributed by atoms with Crippen LogP contribution in [0.3, 0.4) is 0 Å². The zero-order valence-corrected chi connectivity index (χ0v) is 19.1. The molecule has 2 aromatic carbocycles. The first-order valence-electron chi connectivity index (χ1n) is 10.2. The fraction of sp³-hybridized carbons (Fsp3) is 0.250. The van der Waals surface area contributed by atoms with Crippen LogP contribution in [0.5, 0.6) is 5.75 Å². The number of ketones is 2. The maximum atomic E-state index is 13.5. The van der Waals surface area contributed by atoms with Gasteiger partial charge in [-0.3, -0.25) is 14.4 Å². The van der Waals surface area contributed by atoms with Crippen molar-refractivity contribution in [2.75, 3.05) is 13.7 Å². The van der Waals surface area contributed by atoms with E-state index < -0.39 is 23.7 Å². The maximum Gasteiger partial charge on any atom is 0.291 e. The second kappa shape index (κ2) is 9.48. The third kappa shape index (κ3) is 4.36. The Morgan fingerprint density at radius 1 is 1.12 bits per heavy atom. The first kappa shape index (κ1) is 22.0. The molecule has 0 bridgehead atoms. The largest absolute Gasteiger partial charge is 0.497 e. The number of carbonyl (C=O) groups excluding carboxylic acids is 3. The predicted molar refractivity (Wildman–Crippen MR) is 121 cm³/mol. The molecule has 32 heavy (non-hydrogen) atoms. The minimum absolute atomic E-state index is 0.343. The molecule has 1 amide bonds. The van der Waals surface area contributed by atoms with E-state index in [-0.39, 0.29) is 5.78 Å². The molecule has 164 valence electrons.